The topological polar surface area (TPSA) is 33.2 Å². The molecule has 0 aliphatic carbocycles. The Morgan fingerprint density at radius 1 is 1.12 bits per heavy atom. The first-order chi connectivity index (χ1) is 11.6. The van der Waals surface area contributed by atoms with Gasteiger partial charge in [-0.15, -0.1) is 0 Å². The second kappa shape index (κ2) is 7.31. The van der Waals surface area contributed by atoms with Crippen molar-refractivity contribution in [3.63, 3.8) is 0 Å². The van der Waals surface area contributed by atoms with Crippen LogP contribution < -0.4 is 0 Å². The molecule has 6 heteroatoms. The summed E-state index contributed by atoms with van der Waals surface area (Å²) in [6, 6.07) is 10.3. The molecule has 3 aromatic rings. The largest absolute Gasteiger partial charge is 0.328 e. The maximum absolute atomic E-state index is 14.0. The summed E-state index contributed by atoms with van der Waals surface area (Å²) in [5, 5.41) is 3.84. The molecule has 0 N–H and O–H groups in total. The molecule has 0 fully saturated rings. The maximum atomic E-state index is 14.0. The van der Waals surface area contributed by atoms with Crippen molar-refractivity contribution >= 4 is 17.2 Å². The van der Waals surface area contributed by atoms with Gasteiger partial charge in [-0.05, 0) is 46.7 Å². The lowest BCUT2D eigenvalue weighted by Gasteiger charge is -2.22. The molecule has 2 heterocycles. The second-order valence-electron chi connectivity index (χ2n) is 5.24. The third-order valence-corrected chi connectivity index (χ3v) is 4.21. The normalized spacial score (nSPS) is 10.6. The first kappa shape index (κ1) is 16.3. The molecule has 0 spiro atoms. The van der Waals surface area contributed by atoms with E-state index in [2.05, 4.69) is 4.98 Å². The molecule has 3 nitrogen and oxygen atoms in total. The predicted octanol–water partition coefficient (Wildman–Crippen LogP) is 4.26. The zero-order valence-electron chi connectivity index (χ0n) is 12.7. The van der Waals surface area contributed by atoms with Crippen LogP contribution in [0.2, 0.25) is 0 Å². The zero-order chi connectivity index (χ0) is 16.9. The summed E-state index contributed by atoms with van der Waals surface area (Å²) in [6.45, 7) is 0.571. The SMILES string of the molecule is O=C(c1ccc(F)cc1F)N(Cc1ccsc1)Cc1ccccn1. The van der Waals surface area contributed by atoms with Crippen LogP contribution in [0.1, 0.15) is 21.6 Å². The minimum Gasteiger partial charge on any atom is -0.328 e. The first-order valence-electron chi connectivity index (χ1n) is 7.29. The van der Waals surface area contributed by atoms with Crippen molar-refractivity contribution in [3.8, 4) is 0 Å². The molecule has 24 heavy (non-hydrogen) atoms. The van der Waals surface area contributed by atoms with Gasteiger partial charge < -0.3 is 4.90 Å². The van der Waals surface area contributed by atoms with Crippen LogP contribution >= 0.6 is 11.3 Å². The van der Waals surface area contributed by atoms with Crippen LogP contribution in [-0.2, 0) is 13.1 Å². The maximum Gasteiger partial charge on any atom is 0.257 e. The molecule has 0 saturated heterocycles. The number of carbonyl (C=O) groups excluding carboxylic acids is 1. The predicted molar refractivity (Wildman–Crippen MR) is 88.5 cm³/mol. The van der Waals surface area contributed by atoms with Crippen molar-refractivity contribution in [1.29, 1.82) is 0 Å². The van der Waals surface area contributed by atoms with Crippen LogP contribution in [0.5, 0.6) is 0 Å². The van der Waals surface area contributed by atoms with E-state index in [1.54, 1.807) is 18.3 Å². The van der Waals surface area contributed by atoms with Gasteiger partial charge in [0.15, 0.2) is 0 Å². The third kappa shape index (κ3) is 3.83. The third-order valence-electron chi connectivity index (χ3n) is 3.48. The van der Waals surface area contributed by atoms with E-state index in [1.165, 1.54) is 22.3 Å². The van der Waals surface area contributed by atoms with Crippen molar-refractivity contribution in [2.75, 3.05) is 0 Å². The number of pyridine rings is 1. The number of halogens is 2. The van der Waals surface area contributed by atoms with E-state index >= 15 is 0 Å². The van der Waals surface area contributed by atoms with Crippen LogP contribution in [0.3, 0.4) is 0 Å². The highest BCUT2D eigenvalue weighted by Crippen LogP contribution is 2.17. The molecule has 122 valence electrons. The van der Waals surface area contributed by atoms with Crippen molar-refractivity contribution in [3.05, 3.63) is 87.9 Å². The van der Waals surface area contributed by atoms with E-state index in [-0.39, 0.29) is 12.1 Å². The van der Waals surface area contributed by atoms with Gasteiger partial charge in [0.05, 0.1) is 17.8 Å². The number of amides is 1. The number of hydrogen-bond acceptors (Lipinski definition) is 3. The molecule has 0 atom stereocenters. The lowest BCUT2D eigenvalue weighted by Crippen LogP contribution is -2.31. The summed E-state index contributed by atoms with van der Waals surface area (Å²) in [7, 11) is 0. The van der Waals surface area contributed by atoms with Gasteiger partial charge in [-0.3, -0.25) is 9.78 Å². The summed E-state index contributed by atoms with van der Waals surface area (Å²) in [5.74, 6) is -2.07. The fraction of sp³-hybridized carbons (Fsp3) is 0.111. The van der Waals surface area contributed by atoms with Crippen molar-refractivity contribution < 1.29 is 13.6 Å². The highest BCUT2D eigenvalue weighted by Gasteiger charge is 2.21. The van der Waals surface area contributed by atoms with Gasteiger partial charge in [0.25, 0.3) is 5.91 Å². The van der Waals surface area contributed by atoms with Crippen molar-refractivity contribution in [2.24, 2.45) is 0 Å². The fourth-order valence-electron chi connectivity index (χ4n) is 2.32. The lowest BCUT2D eigenvalue weighted by molar-refractivity contribution is 0.0723. The number of rotatable bonds is 5. The van der Waals surface area contributed by atoms with E-state index in [1.807, 2.05) is 22.9 Å². The molecule has 3 rings (SSSR count). The molecule has 0 aliphatic heterocycles. The first-order valence-corrected chi connectivity index (χ1v) is 8.23. The Hall–Kier alpha value is -2.60. The Balaban J connectivity index is 1.89. The molecule has 0 radical (unpaired) electrons. The van der Waals surface area contributed by atoms with Gasteiger partial charge in [-0.1, -0.05) is 6.07 Å². The molecule has 0 unspecified atom stereocenters. The quantitative estimate of drug-likeness (QED) is 0.693. The van der Waals surface area contributed by atoms with E-state index in [0.717, 1.165) is 17.7 Å². The van der Waals surface area contributed by atoms with Crippen LogP contribution in [0.25, 0.3) is 0 Å². The summed E-state index contributed by atoms with van der Waals surface area (Å²) in [6.07, 6.45) is 1.64. The molecule has 0 saturated carbocycles. The molecule has 0 aliphatic rings. The van der Waals surface area contributed by atoms with Gasteiger partial charge in [-0.25, -0.2) is 8.78 Å². The van der Waals surface area contributed by atoms with Gasteiger partial charge in [0.1, 0.15) is 11.6 Å². The Labute approximate surface area is 142 Å². The molecule has 1 aromatic carbocycles. The molecule has 1 amide bonds. The summed E-state index contributed by atoms with van der Waals surface area (Å²) in [5.41, 5.74) is 1.50. The van der Waals surface area contributed by atoms with Gasteiger partial charge in [-0.2, -0.15) is 11.3 Å². The Bertz CT molecular complexity index is 822. The number of carbonyl (C=O) groups is 1. The van der Waals surface area contributed by atoms with E-state index in [9.17, 15) is 13.6 Å². The van der Waals surface area contributed by atoms with Gasteiger partial charge >= 0.3 is 0 Å². The van der Waals surface area contributed by atoms with E-state index in [4.69, 9.17) is 0 Å². The minimum atomic E-state index is -0.865. The van der Waals surface area contributed by atoms with Crippen LogP contribution in [0, 0.1) is 11.6 Å². The smallest absolute Gasteiger partial charge is 0.257 e. The monoisotopic (exact) mass is 344 g/mol. The van der Waals surface area contributed by atoms with Crippen LogP contribution in [0.15, 0.2) is 59.4 Å². The second-order valence-corrected chi connectivity index (χ2v) is 6.02. The Morgan fingerprint density at radius 3 is 2.67 bits per heavy atom. The Morgan fingerprint density at radius 2 is 2.00 bits per heavy atom. The van der Waals surface area contributed by atoms with E-state index in [0.29, 0.717) is 12.2 Å². The number of benzene rings is 1. The molecule has 2 aromatic heterocycles. The lowest BCUT2D eigenvalue weighted by atomic mass is 10.1. The highest BCUT2D eigenvalue weighted by molar-refractivity contribution is 7.07. The van der Waals surface area contributed by atoms with E-state index < -0.39 is 17.5 Å². The van der Waals surface area contributed by atoms with Gasteiger partial charge in [0.2, 0.25) is 0 Å². The van der Waals surface area contributed by atoms with Crippen LogP contribution in [-0.4, -0.2) is 15.8 Å². The van der Waals surface area contributed by atoms with Crippen molar-refractivity contribution in [1.82, 2.24) is 9.88 Å². The molecular weight excluding hydrogens is 330 g/mol. The summed E-state index contributed by atoms with van der Waals surface area (Å²) >= 11 is 1.52. The number of aromatic nitrogens is 1. The average Bonchev–Trinajstić information content (AvgIpc) is 3.08. The minimum absolute atomic E-state index is 0.150. The molecule has 0 bridgehead atoms. The fourth-order valence-corrected chi connectivity index (χ4v) is 2.98. The summed E-state index contributed by atoms with van der Waals surface area (Å²) in [4.78, 5) is 18.5. The Kier molecular flexibility index (Phi) is 4.96. The number of nitrogens with zero attached hydrogens (tertiary/aromatic N) is 2. The number of thiophene rings is 1. The zero-order valence-corrected chi connectivity index (χ0v) is 13.5. The molecular formula is C18H14F2N2OS. The summed E-state index contributed by atoms with van der Waals surface area (Å²) < 4.78 is 27.1. The van der Waals surface area contributed by atoms with Gasteiger partial charge in [0, 0.05) is 18.8 Å². The van der Waals surface area contributed by atoms with Crippen molar-refractivity contribution in [2.45, 2.75) is 13.1 Å². The average molecular weight is 344 g/mol. The highest BCUT2D eigenvalue weighted by atomic mass is 32.1. The van der Waals surface area contributed by atoms with Crippen LogP contribution in [0.4, 0.5) is 8.78 Å². The standard InChI is InChI=1S/C18H14F2N2OS/c19-14-4-5-16(17(20)9-14)18(23)22(10-13-6-8-24-12-13)11-15-3-1-2-7-21-15/h1-9,12H,10-11H2. The number of hydrogen-bond donors (Lipinski definition) is 0.